The molecule has 0 spiro atoms. The zero-order valence-corrected chi connectivity index (χ0v) is 29.0. The Kier molecular flexibility index (Phi) is 22.2. The molecule has 10 heteroatoms. The van der Waals surface area contributed by atoms with Crippen LogP contribution in [0.1, 0.15) is 123 Å². The van der Waals surface area contributed by atoms with Crippen LogP contribution in [-0.2, 0) is 32.1 Å². The van der Waals surface area contributed by atoms with Crippen molar-refractivity contribution in [3.8, 4) is 0 Å². The second-order valence-electron chi connectivity index (χ2n) is 11.4. The van der Waals surface area contributed by atoms with Crippen molar-refractivity contribution in [1.82, 2.24) is 10.2 Å². The summed E-state index contributed by atoms with van der Waals surface area (Å²) in [6.45, 7) is 7.31. The fourth-order valence-corrected chi connectivity index (χ4v) is 5.25. The number of nitrogens with one attached hydrogen (secondary N) is 1. The average molecular weight is 718 g/mol. The van der Waals surface area contributed by atoms with E-state index in [2.05, 4.69) is 12.2 Å². The van der Waals surface area contributed by atoms with Crippen molar-refractivity contribution < 1.29 is 57.1 Å². The van der Waals surface area contributed by atoms with Crippen molar-refractivity contribution >= 4 is 18.1 Å². The molecule has 1 aliphatic rings. The fourth-order valence-electron chi connectivity index (χ4n) is 5.25. The number of carbonyl (C=O) groups excluding carboxylic acids is 3. The number of nitrogens with zero attached hydrogens (tertiary/aromatic N) is 2. The molecule has 0 bridgehead atoms. The van der Waals surface area contributed by atoms with Crippen LogP contribution in [0.3, 0.4) is 0 Å². The zero-order valence-electron chi connectivity index (χ0n) is 26.8. The summed E-state index contributed by atoms with van der Waals surface area (Å²) in [5.41, 5.74) is 0.842. The molecule has 1 fully saturated rings. The third-order valence-electron chi connectivity index (χ3n) is 7.83. The van der Waals surface area contributed by atoms with Crippen LogP contribution in [0.5, 0.6) is 0 Å². The topological polar surface area (TPSA) is 98.0 Å². The van der Waals surface area contributed by atoms with Gasteiger partial charge in [0.25, 0.3) is 0 Å². The standard InChI is InChI=1S/C33H55N3O6.HI/c1-4-6-7-8-9-10-11-12-13-14-15-16-18-23-34-32(38)40-26-30-21-22-31(42-30)27-41-33(39)36(28(3)37)25-29-20-17-19-24-35(29)5-2;/h17,19-20,24,30-31H,4-16,18,21-23,25-27H2,1-3H3;1H/t30-,31+;/m1./s1. The van der Waals surface area contributed by atoms with E-state index in [9.17, 15) is 14.4 Å². The summed E-state index contributed by atoms with van der Waals surface area (Å²) in [6.07, 6.45) is 18.5. The number of aromatic nitrogens is 1. The highest BCUT2D eigenvalue weighted by molar-refractivity contribution is 5.90. The van der Waals surface area contributed by atoms with Crippen molar-refractivity contribution in [3.05, 3.63) is 30.1 Å². The van der Waals surface area contributed by atoms with Crippen molar-refractivity contribution in [1.29, 1.82) is 0 Å². The van der Waals surface area contributed by atoms with E-state index >= 15 is 0 Å². The van der Waals surface area contributed by atoms with Crippen LogP contribution in [0.15, 0.2) is 24.4 Å². The maximum Gasteiger partial charge on any atom is 0.417 e. The van der Waals surface area contributed by atoms with E-state index in [4.69, 9.17) is 14.2 Å². The maximum absolute atomic E-state index is 12.7. The third kappa shape index (κ3) is 17.2. The van der Waals surface area contributed by atoms with Crippen LogP contribution in [0.4, 0.5) is 9.59 Å². The van der Waals surface area contributed by atoms with Gasteiger partial charge in [0.05, 0.1) is 12.2 Å². The molecule has 1 aromatic heterocycles. The second kappa shape index (κ2) is 24.4. The van der Waals surface area contributed by atoms with Crippen molar-refractivity contribution in [2.45, 2.75) is 142 Å². The molecule has 1 saturated heterocycles. The first kappa shape index (κ1) is 39.1. The molecule has 43 heavy (non-hydrogen) atoms. The number of halogens is 1. The number of hydrogen-bond acceptors (Lipinski definition) is 6. The highest BCUT2D eigenvalue weighted by atomic mass is 127. The van der Waals surface area contributed by atoms with Crippen LogP contribution in [0.25, 0.3) is 0 Å². The van der Waals surface area contributed by atoms with Gasteiger partial charge in [-0.25, -0.2) is 19.1 Å². The van der Waals surface area contributed by atoms with Crippen LogP contribution in [-0.4, -0.2) is 55.0 Å². The molecule has 2 atom stereocenters. The molecule has 0 radical (unpaired) electrons. The van der Waals surface area contributed by atoms with Crippen LogP contribution in [0.2, 0.25) is 0 Å². The van der Waals surface area contributed by atoms with Gasteiger partial charge in [-0.1, -0.05) is 90.0 Å². The summed E-state index contributed by atoms with van der Waals surface area (Å²) in [5, 5.41) is 2.82. The van der Waals surface area contributed by atoms with Crippen molar-refractivity contribution in [3.63, 3.8) is 0 Å². The van der Waals surface area contributed by atoms with E-state index in [-0.39, 0.29) is 61.9 Å². The molecule has 1 aromatic rings. The van der Waals surface area contributed by atoms with Crippen LogP contribution >= 0.6 is 0 Å². The SMILES string of the molecule is CCCCCCCCCCCCCCCNC(=O)OC[C@H]1CC[C@@H](COC(=O)N(Cc2cccc[n+]2CC)C(C)=O)O1.[I-]. The molecule has 1 aliphatic heterocycles. The smallest absolute Gasteiger partial charge is 0.417 e. The Hall–Kier alpha value is -1.95. The minimum atomic E-state index is -0.690. The molecule has 0 saturated carbocycles. The second-order valence-corrected chi connectivity index (χ2v) is 11.4. The number of imide groups is 1. The Morgan fingerprint density at radius 3 is 1.98 bits per heavy atom. The number of pyridine rings is 1. The molecule has 2 heterocycles. The first-order valence-electron chi connectivity index (χ1n) is 16.4. The highest BCUT2D eigenvalue weighted by Crippen LogP contribution is 2.21. The van der Waals surface area contributed by atoms with Crippen molar-refractivity contribution in [2.75, 3.05) is 19.8 Å². The highest BCUT2D eigenvalue weighted by Gasteiger charge is 2.29. The van der Waals surface area contributed by atoms with Crippen LogP contribution < -0.4 is 33.9 Å². The third-order valence-corrected chi connectivity index (χ3v) is 7.83. The van der Waals surface area contributed by atoms with Gasteiger partial charge in [-0.3, -0.25) is 4.79 Å². The monoisotopic (exact) mass is 717 g/mol. The molecule has 0 aliphatic carbocycles. The molecule has 9 nitrogen and oxygen atoms in total. The summed E-state index contributed by atoms with van der Waals surface area (Å²) in [6, 6.07) is 5.66. The Morgan fingerprint density at radius 1 is 0.860 bits per heavy atom. The summed E-state index contributed by atoms with van der Waals surface area (Å²) >= 11 is 0. The van der Waals surface area contributed by atoms with Gasteiger partial charge in [-0.2, -0.15) is 0 Å². The largest absolute Gasteiger partial charge is 1.00 e. The predicted octanol–water partition coefficient (Wildman–Crippen LogP) is 3.85. The Balaban J connectivity index is 0.00000924. The normalized spacial score (nSPS) is 15.9. The molecule has 3 amide bonds. The summed E-state index contributed by atoms with van der Waals surface area (Å²) < 4.78 is 18.6. The number of amides is 3. The maximum atomic E-state index is 12.7. The number of aryl methyl sites for hydroxylation is 1. The lowest BCUT2D eigenvalue weighted by molar-refractivity contribution is -0.701. The Bertz CT molecular complexity index is 918. The number of carbonyl (C=O) groups is 3. The molecule has 246 valence electrons. The molecular formula is C33H56IN3O6. The van der Waals surface area contributed by atoms with Gasteiger partial charge in [0.2, 0.25) is 11.6 Å². The number of hydrogen-bond donors (Lipinski definition) is 1. The molecular weight excluding hydrogens is 661 g/mol. The molecule has 2 rings (SSSR count). The van der Waals surface area contributed by atoms with E-state index in [1.165, 1.54) is 77.6 Å². The average Bonchev–Trinajstić information content (AvgIpc) is 3.45. The van der Waals surface area contributed by atoms with Gasteiger partial charge in [-0.05, 0) is 26.2 Å². The van der Waals surface area contributed by atoms with Gasteiger partial charge in [0.1, 0.15) is 26.3 Å². The van der Waals surface area contributed by atoms with Gasteiger partial charge < -0.3 is 43.5 Å². The minimum absolute atomic E-state index is 0. The van der Waals surface area contributed by atoms with E-state index in [0.717, 1.165) is 30.0 Å². The number of rotatable bonds is 21. The number of unbranched alkanes of at least 4 members (excludes halogenated alkanes) is 12. The number of alkyl carbamates (subject to hydrolysis) is 1. The summed E-state index contributed by atoms with van der Waals surface area (Å²) in [5.74, 6) is -0.380. The van der Waals surface area contributed by atoms with E-state index in [0.29, 0.717) is 19.4 Å². The van der Waals surface area contributed by atoms with Crippen molar-refractivity contribution in [2.24, 2.45) is 0 Å². The van der Waals surface area contributed by atoms with Gasteiger partial charge >= 0.3 is 12.2 Å². The van der Waals surface area contributed by atoms with Gasteiger partial charge in [-0.15, -0.1) is 0 Å². The number of ether oxygens (including phenoxy) is 3. The predicted molar refractivity (Wildman–Crippen MR) is 163 cm³/mol. The lowest BCUT2D eigenvalue weighted by Crippen LogP contribution is -3.00. The quantitative estimate of drug-likeness (QED) is 0.118. The summed E-state index contributed by atoms with van der Waals surface area (Å²) in [7, 11) is 0. The molecule has 0 unspecified atom stereocenters. The van der Waals surface area contributed by atoms with E-state index in [1.807, 2.05) is 35.9 Å². The van der Waals surface area contributed by atoms with Crippen LogP contribution in [0, 0.1) is 0 Å². The molecule has 0 aromatic carbocycles. The first-order valence-corrected chi connectivity index (χ1v) is 16.4. The minimum Gasteiger partial charge on any atom is -1.00 e. The fraction of sp³-hybridized carbons (Fsp3) is 0.758. The zero-order chi connectivity index (χ0) is 30.4. The van der Waals surface area contributed by atoms with E-state index < -0.39 is 12.2 Å². The van der Waals surface area contributed by atoms with E-state index in [1.54, 1.807) is 0 Å². The molecule has 1 N–H and O–H groups in total. The lowest BCUT2D eigenvalue weighted by atomic mass is 10.0. The lowest BCUT2D eigenvalue weighted by Gasteiger charge is -2.19. The Labute approximate surface area is 276 Å². The van der Waals surface area contributed by atoms with Gasteiger partial charge in [0.15, 0.2) is 6.20 Å². The Morgan fingerprint density at radius 2 is 1.42 bits per heavy atom. The van der Waals surface area contributed by atoms with Gasteiger partial charge in [0, 0.05) is 25.6 Å². The summed E-state index contributed by atoms with van der Waals surface area (Å²) in [4.78, 5) is 37.9. The first-order chi connectivity index (χ1) is 20.4.